The smallest absolute Gasteiger partial charge is 0.151 e. The normalized spacial score (nSPS) is 19.2. The maximum atomic E-state index is 9.19. The minimum Gasteiger partial charge on any atom is -0.357 e. The molecule has 0 radical (unpaired) electrons. The van der Waals surface area contributed by atoms with Gasteiger partial charge in [0.2, 0.25) is 0 Å². The molecule has 1 aliphatic carbocycles. The van der Waals surface area contributed by atoms with Crippen LogP contribution in [0.4, 0.5) is 5.82 Å². The minimum absolute atomic E-state index is 0.336. The summed E-state index contributed by atoms with van der Waals surface area (Å²) in [5, 5.41) is 19.3. The lowest BCUT2D eigenvalue weighted by Crippen LogP contribution is -2.34. The molecule has 3 aromatic rings. The predicted molar refractivity (Wildman–Crippen MR) is 122 cm³/mol. The molecule has 0 amide bonds. The highest BCUT2D eigenvalue weighted by atomic mass is 35.5. The van der Waals surface area contributed by atoms with Crippen molar-refractivity contribution in [2.45, 2.75) is 50.7 Å². The Balaban J connectivity index is 1.29. The molecule has 0 atom stereocenters. The SMILES string of the molecule is N#Cc1ccnc(N2CCC(c3nnc4n3-c3ccc(Cl)cc3CN(C3CC3)C4)CC2)c1. The summed E-state index contributed by atoms with van der Waals surface area (Å²) in [6, 6.07) is 12.7. The average Bonchev–Trinajstić information content (AvgIpc) is 3.62. The van der Waals surface area contributed by atoms with Gasteiger partial charge in [-0.25, -0.2) is 4.98 Å². The van der Waals surface area contributed by atoms with Crippen LogP contribution in [0.15, 0.2) is 36.5 Å². The number of nitriles is 1. The number of anilines is 1. The van der Waals surface area contributed by atoms with Gasteiger partial charge in [0.15, 0.2) is 5.82 Å². The van der Waals surface area contributed by atoms with Crippen LogP contribution in [-0.2, 0) is 13.1 Å². The molecule has 0 unspecified atom stereocenters. The molecule has 0 bridgehead atoms. The Morgan fingerprint density at radius 3 is 2.62 bits per heavy atom. The van der Waals surface area contributed by atoms with Crippen LogP contribution in [0.3, 0.4) is 0 Å². The fourth-order valence-corrected chi connectivity index (χ4v) is 5.24. The maximum Gasteiger partial charge on any atom is 0.151 e. The molecule has 8 heteroatoms. The quantitative estimate of drug-likeness (QED) is 0.605. The van der Waals surface area contributed by atoms with Crippen molar-refractivity contribution in [3.05, 3.63) is 64.3 Å². The van der Waals surface area contributed by atoms with E-state index in [1.807, 2.05) is 12.1 Å². The van der Waals surface area contributed by atoms with Crippen LogP contribution in [0.25, 0.3) is 5.69 Å². The van der Waals surface area contributed by atoms with E-state index in [4.69, 9.17) is 16.7 Å². The minimum atomic E-state index is 0.336. The summed E-state index contributed by atoms with van der Waals surface area (Å²) >= 11 is 6.37. The first-order valence-electron chi connectivity index (χ1n) is 11.3. The third-order valence-corrected chi connectivity index (χ3v) is 7.11. The van der Waals surface area contributed by atoms with Crippen molar-refractivity contribution in [1.82, 2.24) is 24.6 Å². The van der Waals surface area contributed by atoms with E-state index in [0.29, 0.717) is 17.5 Å². The van der Waals surface area contributed by atoms with Crippen LogP contribution in [0.2, 0.25) is 5.02 Å². The lowest BCUT2D eigenvalue weighted by Gasteiger charge is -2.32. The van der Waals surface area contributed by atoms with Gasteiger partial charge >= 0.3 is 0 Å². The zero-order chi connectivity index (χ0) is 21.7. The zero-order valence-electron chi connectivity index (χ0n) is 17.8. The van der Waals surface area contributed by atoms with Crippen molar-refractivity contribution in [3.63, 3.8) is 0 Å². The van der Waals surface area contributed by atoms with Crippen LogP contribution in [-0.4, -0.2) is 43.8 Å². The van der Waals surface area contributed by atoms with Crippen molar-refractivity contribution in [1.29, 1.82) is 5.26 Å². The van der Waals surface area contributed by atoms with Gasteiger partial charge in [0.05, 0.1) is 23.9 Å². The molecular formula is C24H24ClN7. The number of rotatable bonds is 3. The summed E-state index contributed by atoms with van der Waals surface area (Å²) in [6.07, 6.45) is 6.19. The second-order valence-corrected chi connectivity index (χ2v) is 9.43. The largest absolute Gasteiger partial charge is 0.357 e. The van der Waals surface area contributed by atoms with Gasteiger partial charge < -0.3 is 4.90 Å². The summed E-state index contributed by atoms with van der Waals surface area (Å²) < 4.78 is 2.29. The number of aromatic nitrogens is 4. The second kappa shape index (κ2) is 7.88. The molecule has 1 saturated carbocycles. The molecule has 1 saturated heterocycles. The lowest BCUT2D eigenvalue weighted by molar-refractivity contribution is 0.243. The van der Waals surface area contributed by atoms with Crippen LogP contribution < -0.4 is 4.90 Å². The number of nitrogens with zero attached hydrogens (tertiary/aromatic N) is 7. The Kier molecular flexibility index (Phi) is 4.85. The Bertz CT molecular complexity index is 1200. The standard InChI is InChI=1S/C24H24ClN7/c25-19-1-4-21-18(12-19)14-31(20-2-3-20)15-23-28-29-24(32(21)23)17-6-9-30(10-7-17)22-11-16(13-26)5-8-27-22/h1,4-5,8,11-12,17,20H,2-3,6-7,9-10,14-15H2. The van der Waals surface area contributed by atoms with E-state index < -0.39 is 0 Å². The van der Waals surface area contributed by atoms with Gasteiger partial charge in [-0.2, -0.15) is 5.26 Å². The van der Waals surface area contributed by atoms with Crippen molar-refractivity contribution < 1.29 is 0 Å². The molecule has 2 fully saturated rings. The molecule has 7 nitrogen and oxygen atoms in total. The Labute approximate surface area is 192 Å². The highest BCUT2D eigenvalue weighted by Gasteiger charge is 2.35. The number of hydrogen-bond acceptors (Lipinski definition) is 6. The molecule has 2 aliphatic heterocycles. The summed E-state index contributed by atoms with van der Waals surface area (Å²) in [7, 11) is 0. The highest BCUT2D eigenvalue weighted by Crippen LogP contribution is 2.37. The molecule has 6 rings (SSSR count). The van der Waals surface area contributed by atoms with Gasteiger partial charge in [-0.1, -0.05) is 11.6 Å². The zero-order valence-corrected chi connectivity index (χ0v) is 18.5. The number of hydrogen-bond donors (Lipinski definition) is 0. The molecular weight excluding hydrogens is 422 g/mol. The van der Waals surface area contributed by atoms with E-state index in [0.717, 1.165) is 61.5 Å². The van der Waals surface area contributed by atoms with Crippen molar-refractivity contribution in [3.8, 4) is 11.8 Å². The van der Waals surface area contributed by atoms with Gasteiger partial charge in [-0.3, -0.25) is 9.47 Å². The molecule has 3 aliphatic rings. The van der Waals surface area contributed by atoms with Crippen LogP contribution >= 0.6 is 11.6 Å². The first-order valence-corrected chi connectivity index (χ1v) is 11.7. The predicted octanol–water partition coefficient (Wildman–Crippen LogP) is 4.05. The molecule has 1 aromatic carbocycles. The number of benzene rings is 1. The van der Waals surface area contributed by atoms with Crippen LogP contribution in [0.5, 0.6) is 0 Å². The molecule has 4 heterocycles. The first-order chi connectivity index (χ1) is 15.7. The molecule has 162 valence electrons. The monoisotopic (exact) mass is 445 g/mol. The van der Waals surface area contributed by atoms with E-state index in [9.17, 15) is 5.26 Å². The van der Waals surface area contributed by atoms with Gasteiger partial charge in [-0.05, 0) is 61.6 Å². The maximum absolute atomic E-state index is 9.19. The van der Waals surface area contributed by atoms with E-state index in [1.165, 1.54) is 24.1 Å². The average molecular weight is 446 g/mol. The van der Waals surface area contributed by atoms with Gasteiger partial charge in [-0.15, -0.1) is 10.2 Å². The van der Waals surface area contributed by atoms with Crippen LogP contribution in [0, 0.1) is 11.3 Å². The van der Waals surface area contributed by atoms with Crippen molar-refractivity contribution >= 4 is 17.4 Å². The number of fused-ring (bicyclic) bond motifs is 3. The highest BCUT2D eigenvalue weighted by molar-refractivity contribution is 6.30. The summed E-state index contributed by atoms with van der Waals surface area (Å²) in [5.74, 6) is 3.30. The topological polar surface area (TPSA) is 73.9 Å². The fraction of sp³-hybridized carbons (Fsp3) is 0.417. The fourth-order valence-electron chi connectivity index (χ4n) is 5.04. The van der Waals surface area contributed by atoms with E-state index in [-0.39, 0.29) is 0 Å². The Hall–Kier alpha value is -2.95. The Morgan fingerprint density at radius 1 is 1.00 bits per heavy atom. The summed E-state index contributed by atoms with van der Waals surface area (Å²) in [5.41, 5.74) is 3.06. The number of piperidine rings is 1. The number of pyridine rings is 1. The summed E-state index contributed by atoms with van der Waals surface area (Å²) in [6.45, 7) is 3.50. The molecule has 0 spiro atoms. The van der Waals surface area contributed by atoms with E-state index >= 15 is 0 Å². The van der Waals surface area contributed by atoms with Crippen LogP contribution in [0.1, 0.15) is 54.4 Å². The first kappa shape index (κ1) is 19.7. The molecule has 0 N–H and O–H groups in total. The lowest BCUT2D eigenvalue weighted by atomic mass is 9.95. The molecule has 2 aromatic heterocycles. The third kappa shape index (κ3) is 3.54. The summed E-state index contributed by atoms with van der Waals surface area (Å²) in [4.78, 5) is 9.25. The molecule has 32 heavy (non-hydrogen) atoms. The Morgan fingerprint density at radius 2 is 1.84 bits per heavy atom. The van der Waals surface area contributed by atoms with Gasteiger partial charge in [0.25, 0.3) is 0 Å². The second-order valence-electron chi connectivity index (χ2n) is 8.99. The van der Waals surface area contributed by atoms with Crippen molar-refractivity contribution in [2.24, 2.45) is 0 Å². The van der Waals surface area contributed by atoms with Crippen molar-refractivity contribution in [2.75, 3.05) is 18.0 Å². The van der Waals surface area contributed by atoms with Gasteiger partial charge in [0, 0.05) is 42.8 Å². The van der Waals surface area contributed by atoms with E-state index in [1.54, 1.807) is 12.3 Å². The van der Waals surface area contributed by atoms with Gasteiger partial charge in [0.1, 0.15) is 11.6 Å². The third-order valence-electron chi connectivity index (χ3n) is 6.88. The van der Waals surface area contributed by atoms with E-state index in [2.05, 4.69) is 42.7 Å². The number of halogens is 1.